The topological polar surface area (TPSA) is 61.4 Å². The Bertz CT molecular complexity index is 866. The molecular formula is C21H24FN3O2. The Kier molecular flexibility index (Phi) is 5.44. The minimum atomic E-state index is -0.675. The van der Waals surface area contributed by atoms with Gasteiger partial charge in [-0.15, -0.1) is 0 Å². The molecule has 0 unspecified atom stereocenters. The Hall–Kier alpha value is -2.89. The van der Waals surface area contributed by atoms with Gasteiger partial charge in [-0.3, -0.25) is 4.79 Å². The molecule has 0 bridgehead atoms. The van der Waals surface area contributed by atoms with Gasteiger partial charge in [0.1, 0.15) is 11.9 Å². The van der Waals surface area contributed by atoms with E-state index in [9.17, 15) is 14.0 Å². The van der Waals surface area contributed by atoms with E-state index in [0.29, 0.717) is 17.8 Å². The number of nitrogens with one attached hydrogen (secondary N) is 2. The molecule has 1 atom stereocenters. The summed E-state index contributed by atoms with van der Waals surface area (Å²) in [6, 6.07) is 11.1. The van der Waals surface area contributed by atoms with Gasteiger partial charge in [0.05, 0.1) is 0 Å². The SMILES string of the molecule is Cc1ccc(NC(=O)N[C@@H](C(=O)N2CCc3ccccc32)C(C)C)cc1F. The van der Waals surface area contributed by atoms with Crippen LogP contribution in [0.15, 0.2) is 42.5 Å². The number of carbonyl (C=O) groups is 2. The average molecular weight is 369 g/mol. The van der Waals surface area contributed by atoms with Crippen molar-refractivity contribution in [3.8, 4) is 0 Å². The normalized spacial score (nSPS) is 14.0. The summed E-state index contributed by atoms with van der Waals surface area (Å²) in [5.41, 5.74) is 2.88. The lowest BCUT2D eigenvalue weighted by Gasteiger charge is -2.27. The van der Waals surface area contributed by atoms with E-state index in [1.807, 2.05) is 38.1 Å². The molecule has 2 aromatic rings. The average Bonchev–Trinajstić information content (AvgIpc) is 3.06. The molecule has 3 amide bonds. The third-order valence-electron chi connectivity index (χ3n) is 4.80. The van der Waals surface area contributed by atoms with E-state index in [1.54, 1.807) is 24.0 Å². The van der Waals surface area contributed by atoms with Crippen LogP contribution in [0, 0.1) is 18.7 Å². The monoisotopic (exact) mass is 369 g/mol. The van der Waals surface area contributed by atoms with Crippen molar-refractivity contribution >= 4 is 23.3 Å². The Morgan fingerprint density at radius 3 is 2.59 bits per heavy atom. The third kappa shape index (κ3) is 4.10. The largest absolute Gasteiger partial charge is 0.326 e. The van der Waals surface area contributed by atoms with Gasteiger partial charge in [0.25, 0.3) is 0 Å². The number of carbonyl (C=O) groups excluding carboxylic acids is 2. The van der Waals surface area contributed by atoms with Crippen LogP contribution in [0.5, 0.6) is 0 Å². The van der Waals surface area contributed by atoms with Crippen LogP contribution in [0.4, 0.5) is 20.6 Å². The quantitative estimate of drug-likeness (QED) is 0.859. The van der Waals surface area contributed by atoms with Crippen LogP contribution in [0.25, 0.3) is 0 Å². The molecule has 142 valence electrons. The van der Waals surface area contributed by atoms with Crippen molar-refractivity contribution in [2.24, 2.45) is 5.92 Å². The van der Waals surface area contributed by atoms with Gasteiger partial charge in [-0.2, -0.15) is 0 Å². The highest BCUT2D eigenvalue weighted by molar-refractivity contribution is 6.02. The maximum atomic E-state index is 13.7. The highest BCUT2D eigenvalue weighted by atomic mass is 19.1. The predicted molar refractivity (Wildman–Crippen MR) is 104 cm³/mol. The van der Waals surface area contributed by atoms with E-state index in [0.717, 1.165) is 17.7 Å². The van der Waals surface area contributed by atoms with Crippen LogP contribution in [-0.4, -0.2) is 24.5 Å². The second-order valence-corrected chi connectivity index (χ2v) is 7.15. The second-order valence-electron chi connectivity index (χ2n) is 7.15. The van der Waals surface area contributed by atoms with Crippen molar-refractivity contribution in [3.63, 3.8) is 0 Å². The number of halogens is 1. The number of urea groups is 1. The number of hydrogen-bond donors (Lipinski definition) is 2. The zero-order valence-electron chi connectivity index (χ0n) is 15.8. The summed E-state index contributed by atoms with van der Waals surface area (Å²) in [5, 5.41) is 5.34. The Morgan fingerprint density at radius 2 is 1.89 bits per heavy atom. The maximum Gasteiger partial charge on any atom is 0.319 e. The molecular weight excluding hydrogens is 345 g/mol. The lowest BCUT2D eigenvalue weighted by atomic mass is 10.0. The fourth-order valence-electron chi connectivity index (χ4n) is 3.23. The van der Waals surface area contributed by atoms with Crippen molar-refractivity contribution < 1.29 is 14.0 Å². The number of hydrogen-bond acceptors (Lipinski definition) is 2. The van der Waals surface area contributed by atoms with E-state index in [4.69, 9.17) is 0 Å². The lowest BCUT2D eigenvalue weighted by Crippen LogP contribution is -2.52. The highest BCUT2D eigenvalue weighted by Crippen LogP contribution is 2.28. The van der Waals surface area contributed by atoms with Crippen LogP contribution in [-0.2, 0) is 11.2 Å². The molecule has 0 radical (unpaired) electrons. The Labute approximate surface area is 158 Å². The summed E-state index contributed by atoms with van der Waals surface area (Å²) in [6.45, 7) is 6.03. The number of anilines is 2. The van der Waals surface area contributed by atoms with Crippen LogP contribution < -0.4 is 15.5 Å². The third-order valence-corrected chi connectivity index (χ3v) is 4.80. The molecule has 5 nitrogen and oxygen atoms in total. The molecule has 27 heavy (non-hydrogen) atoms. The van der Waals surface area contributed by atoms with Crippen molar-refractivity contribution in [1.82, 2.24) is 5.32 Å². The van der Waals surface area contributed by atoms with Gasteiger partial charge in [0.2, 0.25) is 5.91 Å². The van der Waals surface area contributed by atoms with Crippen LogP contribution in [0.3, 0.4) is 0 Å². The molecule has 1 aliphatic heterocycles. The van der Waals surface area contributed by atoms with Crippen molar-refractivity contribution in [1.29, 1.82) is 0 Å². The lowest BCUT2D eigenvalue weighted by molar-refractivity contribution is -0.121. The zero-order chi connectivity index (χ0) is 19.6. The number of aryl methyl sites for hydroxylation is 1. The van der Waals surface area contributed by atoms with Gasteiger partial charge in [-0.05, 0) is 48.6 Å². The second kappa shape index (κ2) is 7.78. The van der Waals surface area contributed by atoms with Gasteiger partial charge >= 0.3 is 6.03 Å². The number of fused-ring (bicyclic) bond motifs is 1. The van der Waals surface area contributed by atoms with Crippen LogP contribution in [0.2, 0.25) is 0 Å². The molecule has 1 heterocycles. The van der Waals surface area contributed by atoms with E-state index in [-0.39, 0.29) is 11.8 Å². The fourth-order valence-corrected chi connectivity index (χ4v) is 3.23. The highest BCUT2D eigenvalue weighted by Gasteiger charge is 2.32. The molecule has 1 aliphatic rings. The van der Waals surface area contributed by atoms with Crippen molar-refractivity contribution in [3.05, 3.63) is 59.4 Å². The van der Waals surface area contributed by atoms with Crippen LogP contribution in [0.1, 0.15) is 25.0 Å². The van der Waals surface area contributed by atoms with Crippen LogP contribution >= 0.6 is 0 Å². The summed E-state index contributed by atoms with van der Waals surface area (Å²) in [7, 11) is 0. The number of para-hydroxylation sites is 1. The first kappa shape index (κ1) is 18.9. The van der Waals surface area contributed by atoms with Gasteiger partial charge in [-0.1, -0.05) is 38.1 Å². The van der Waals surface area contributed by atoms with E-state index >= 15 is 0 Å². The molecule has 0 fully saturated rings. The molecule has 0 aliphatic carbocycles. The summed E-state index contributed by atoms with van der Waals surface area (Å²) in [6.07, 6.45) is 0.807. The van der Waals surface area contributed by atoms with Gasteiger partial charge in [0.15, 0.2) is 0 Å². The summed E-state index contributed by atoms with van der Waals surface area (Å²) >= 11 is 0. The molecule has 3 rings (SSSR count). The first-order chi connectivity index (χ1) is 12.9. The molecule has 6 heteroatoms. The first-order valence-corrected chi connectivity index (χ1v) is 9.09. The standard InChI is InChI=1S/C21H24FN3O2/c1-13(2)19(20(26)25-11-10-15-6-4-5-7-18(15)25)24-21(27)23-16-9-8-14(3)17(22)12-16/h4-9,12-13,19H,10-11H2,1-3H3,(H2,23,24,27)/t19-/m1/s1. The maximum absolute atomic E-state index is 13.7. The summed E-state index contributed by atoms with van der Waals surface area (Å²) in [4.78, 5) is 27.2. The first-order valence-electron chi connectivity index (χ1n) is 9.09. The molecule has 2 aromatic carbocycles. The smallest absolute Gasteiger partial charge is 0.319 e. The Balaban J connectivity index is 1.71. The van der Waals surface area contributed by atoms with Gasteiger partial charge < -0.3 is 15.5 Å². The fraction of sp³-hybridized carbons (Fsp3) is 0.333. The number of amides is 3. The number of benzene rings is 2. The minimum absolute atomic E-state index is 0.0919. The Morgan fingerprint density at radius 1 is 1.15 bits per heavy atom. The van der Waals surface area contributed by atoms with E-state index in [1.165, 1.54) is 6.07 Å². The molecule has 0 aromatic heterocycles. The minimum Gasteiger partial charge on any atom is -0.326 e. The van der Waals surface area contributed by atoms with E-state index < -0.39 is 17.9 Å². The molecule has 0 saturated heterocycles. The zero-order valence-corrected chi connectivity index (χ0v) is 15.8. The molecule has 2 N–H and O–H groups in total. The van der Waals surface area contributed by atoms with Gasteiger partial charge in [0, 0.05) is 17.9 Å². The van der Waals surface area contributed by atoms with Crippen molar-refractivity contribution in [2.45, 2.75) is 33.2 Å². The van der Waals surface area contributed by atoms with E-state index in [2.05, 4.69) is 10.6 Å². The molecule has 0 saturated carbocycles. The number of nitrogens with zero attached hydrogens (tertiary/aromatic N) is 1. The van der Waals surface area contributed by atoms with Crippen molar-refractivity contribution in [2.75, 3.05) is 16.8 Å². The molecule has 0 spiro atoms. The predicted octanol–water partition coefficient (Wildman–Crippen LogP) is 3.87. The number of rotatable bonds is 4. The summed E-state index contributed by atoms with van der Waals surface area (Å²) < 4.78 is 13.7. The summed E-state index contributed by atoms with van der Waals surface area (Å²) in [5.74, 6) is -0.621. The van der Waals surface area contributed by atoms with Gasteiger partial charge in [-0.25, -0.2) is 9.18 Å².